The molecule has 0 unspecified atom stereocenters. The highest BCUT2D eigenvalue weighted by molar-refractivity contribution is 5.88. The molecule has 12 heteroatoms. The summed E-state index contributed by atoms with van der Waals surface area (Å²) in [6.07, 6.45) is 2.96. The second-order valence-corrected chi connectivity index (χ2v) is 3.33. The second-order valence-electron chi connectivity index (χ2n) is 3.33. The molecule has 106 valence electrons. The number of anilines is 3. The van der Waals surface area contributed by atoms with E-state index in [4.69, 9.17) is 17.2 Å². The van der Waals surface area contributed by atoms with Crippen molar-refractivity contribution in [1.29, 1.82) is 0 Å². The van der Waals surface area contributed by atoms with E-state index in [1.807, 2.05) is 0 Å². The number of benzene rings is 1. The fourth-order valence-electron chi connectivity index (χ4n) is 1.30. The van der Waals surface area contributed by atoms with Crippen LogP contribution in [0.2, 0.25) is 0 Å². The summed E-state index contributed by atoms with van der Waals surface area (Å²) in [5, 5.41) is 27.0. The van der Waals surface area contributed by atoms with Gasteiger partial charge in [0.1, 0.15) is 24.0 Å². The Morgan fingerprint density at radius 2 is 1.55 bits per heavy atom. The summed E-state index contributed by atoms with van der Waals surface area (Å²) in [7, 11) is 0. The lowest BCUT2D eigenvalue weighted by Crippen LogP contribution is -2.06. The van der Waals surface area contributed by atoms with Gasteiger partial charge in [-0.15, -0.1) is 0 Å². The number of aromatic nitrogens is 3. The molecule has 0 saturated heterocycles. The first-order valence-corrected chi connectivity index (χ1v) is 4.91. The predicted octanol–water partition coefficient (Wildman–Crippen LogP) is 0.0543. The summed E-state index contributed by atoms with van der Waals surface area (Å²) < 4.78 is 0. The molecular weight excluding hydrogens is 272 g/mol. The molecule has 0 aliphatic heterocycles. The molecule has 0 atom stereocenters. The number of nitro groups is 2. The van der Waals surface area contributed by atoms with Crippen LogP contribution in [0.4, 0.5) is 28.4 Å². The molecule has 0 amide bonds. The van der Waals surface area contributed by atoms with E-state index in [0.29, 0.717) is 0 Å². The first-order valence-electron chi connectivity index (χ1n) is 4.91. The second kappa shape index (κ2) is 5.94. The molecule has 0 aliphatic carbocycles. The topological polar surface area (TPSA) is 206 Å². The molecule has 1 aromatic heterocycles. The average molecular weight is 282 g/mol. The van der Waals surface area contributed by atoms with Crippen molar-refractivity contribution in [2.75, 3.05) is 17.2 Å². The van der Waals surface area contributed by atoms with Gasteiger partial charge in [0.25, 0.3) is 0 Å². The van der Waals surface area contributed by atoms with E-state index in [0.717, 1.165) is 6.07 Å². The molecule has 1 aromatic carbocycles. The fraction of sp³-hybridized carbons (Fsp3) is 0. The van der Waals surface area contributed by atoms with E-state index >= 15 is 0 Å². The van der Waals surface area contributed by atoms with Crippen molar-refractivity contribution in [2.45, 2.75) is 0 Å². The van der Waals surface area contributed by atoms with Crippen LogP contribution in [0.3, 0.4) is 0 Å². The van der Waals surface area contributed by atoms with Gasteiger partial charge in [-0.3, -0.25) is 25.3 Å². The SMILES string of the molecule is Nc1cc(N)c([N+](=O)[O-])c(N)c1[N+](=O)[O-].c1nc[nH]n1. The zero-order valence-electron chi connectivity index (χ0n) is 9.89. The van der Waals surface area contributed by atoms with Gasteiger partial charge in [0.15, 0.2) is 5.69 Å². The average Bonchev–Trinajstić information content (AvgIpc) is 2.84. The molecule has 1 heterocycles. The maximum absolute atomic E-state index is 10.5. The lowest BCUT2D eigenvalue weighted by molar-refractivity contribution is -0.391. The van der Waals surface area contributed by atoms with E-state index in [1.165, 1.54) is 12.7 Å². The van der Waals surface area contributed by atoms with E-state index in [1.54, 1.807) is 0 Å². The number of hydrogen-bond donors (Lipinski definition) is 4. The summed E-state index contributed by atoms with van der Waals surface area (Å²) in [4.78, 5) is 22.8. The summed E-state index contributed by atoms with van der Waals surface area (Å²) in [5.41, 5.74) is 13.1. The van der Waals surface area contributed by atoms with Gasteiger partial charge in [-0.1, -0.05) is 0 Å². The minimum absolute atomic E-state index is 0.305. The van der Waals surface area contributed by atoms with Crippen LogP contribution in [0.15, 0.2) is 18.7 Å². The quantitative estimate of drug-likeness (QED) is 0.333. The minimum Gasteiger partial charge on any atom is -0.393 e. The zero-order chi connectivity index (χ0) is 15.3. The first-order chi connectivity index (χ1) is 9.36. The Labute approximate surface area is 110 Å². The largest absolute Gasteiger partial charge is 0.393 e. The Kier molecular flexibility index (Phi) is 4.34. The monoisotopic (exact) mass is 282 g/mol. The molecule has 0 bridgehead atoms. The van der Waals surface area contributed by atoms with Crippen LogP contribution in [-0.4, -0.2) is 25.0 Å². The number of rotatable bonds is 2. The van der Waals surface area contributed by atoms with Gasteiger partial charge >= 0.3 is 11.4 Å². The van der Waals surface area contributed by atoms with Gasteiger partial charge in [0, 0.05) is 0 Å². The van der Waals surface area contributed by atoms with Crippen molar-refractivity contribution in [3.63, 3.8) is 0 Å². The smallest absolute Gasteiger partial charge is 0.322 e. The maximum atomic E-state index is 10.5. The van der Waals surface area contributed by atoms with Gasteiger partial charge in [0.2, 0.25) is 0 Å². The Balaban J connectivity index is 0.000000333. The number of nitrogens with zero attached hydrogens (tertiary/aromatic N) is 4. The third-order valence-electron chi connectivity index (χ3n) is 2.06. The van der Waals surface area contributed by atoms with E-state index < -0.39 is 26.9 Å². The van der Waals surface area contributed by atoms with Gasteiger partial charge in [-0.05, 0) is 6.07 Å². The fourth-order valence-corrected chi connectivity index (χ4v) is 1.30. The Morgan fingerprint density at radius 3 is 1.80 bits per heavy atom. The van der Waals surface area contributed by atoms with Crippen molar-refractivity contribution in [3.8, 4) is 0 Å². The molecule has 0 radical (unpaired) electrons. The highest BCUT2D eigenvalue weighted by Gasteiger charge is 2.28. The third-order valence-corrected chi connectivity index (χ3v) is 2.06. The number of H-pyrrole nitrogens is 1. The van der Waals surface area contributed by atoms with E-state index in [9.17, 15) is 20.2 Å². The van der Waals surface area contributed by atoms with Gasteiger partial charge < -0.3 is 17.2 Å². The van der Waals surface area contributed by atoms with Gasteiger partial charge in [-0.25, -0.2) is 4.98 Å². The van der Waals surface area contributed by atoms with Gasteiger partial charge in [0.05, 0.1) is 9.85 Å². The molecule has 0 spiro atoms. The van der Waals surface area contributed by atoms with Crippen molar-refractivity contribution >= 4 is 28.4 Å². The number of nitrogens with two attached hydrogens (primary N) is 3. The van der Waals surface area contributed by atoms with Crippen LogP contribution in [-0.2, 0) is 0 Å². The number of nitrogens with one attached hydrogen (secondary N) is 1. The third kappa shape index (κ3) is 3.06. The first kappa shape index (κ1) is 14.6. The number of nitro benzene ring substituents is 2. The number of aromatic amines is 1. The molecule has 20 heavy (non-hydrogen) atoms. The van der Waals surface area contributed by atoms with Crippen LogP contribution < -0.4 is 17.2 Å². The molecule has 0 aliphatic rings. The number of hydrogen-bond acceptors (Lipinski definition) is 9. The standard InChI is InChI=1S/C6H7N5O4.C2H3N3/c7-2-1-3(8)6(11(14)15)4(9)5(2)10(12)13;1-3-2-5-4-1/h1H,7-9H2;1-2H,(H,3,4,5). The summed E-state index contributed by atoms with van der Waals surface area (Å²) >= 11 is 0. The molecule has 0 fully saturated rings. The Bertz CT molecular complexity index is 570. The molecule has 2 rings (SSSR count). The van der Waals surface area contributed by atoms with Crippen LogP contribution in [0.25, 0.3) is 0 Å². The Hall–Kier alpha value is -3.44. The van der Waals surface area contributed by atoms with Gasteiger partial charge in [-0.2, -0.15) is 5.10 Å². The maximum Gasteiger partial charge on any atom is 0.322 e. The molecular formula is C8H10N8O4. The molecule has 0 saturated carbocycles. The number of nitrogen functional groups attached to an aromatic ring is 3. The molecule has 7 N–H and O–H groups in total. The van der Waals surface area contributed by atoms with Crippen LogP contribution >= 0.6 is 0 Å². The van der Waals surface area contributed by atoms with Crippen molar-refractivity contribution < 1.29 is 9.85 Å². The van der Waals surface area contributed by atoms with Crippen molar-refractivity contribution in [3.05, 3.63) is 38.9 Å². The van der Waals surface area contributed by atoms with Crippen molar-refractivity contribution in [2.24, 2.45) is 0 Å². The minimum atomic E-state index is -0.892. The highest BCUT2D eigenvalue weighted by atomic mass is 16.6. The van der Waals surface area contributed by atoms with Crippen molar-refractivity contribution in [1.82, 2.24) is 15.2 Å². The summed E-state index contributed by atoms with van der Waals surface area (Å²) in [5.74, 6) is 0. The summed E-state index contributed by atoms with van der Waals surface area (Å²) in [6, 6.07) is 0.937. The molecule has 12 nitrogen and oxygen atoms in total. The molecule has 2 aromatic rings. The normalized spacial score (nSPS) is 9.40. The lowest BCUT2D eigenvalue weighted by Gasteiger charge is -2.04. The van der Waals surface area contributed by atoms with Crippen LogP contribution in [0.5, 0.6) is 0 Å². The predicted molar refractivity (Wildman–Crippen MR) is 69.4 cm³/mol. The Morgan fingerprint density at radius 1 is 1.05 bits per heavy atom. The lowest BCUT2D eigenvalue weighted by atomic mass is 10.2. The van der Waals surface area contributed by atoms with E-state index in [-0.39, 0.29) is 11.4 Å². The van der Waals surface area contributed by atoms with Crippen LogP contribution in [0, 0.1) is 20.2 Å². The van der Waals surface area contributed by atoms with Crippen LogP contribution in [0.1, 0.15) is 0 Å². The zero-order valence-corrected chi connectivity index (χ0v) is 9.89. The summed E-state index contributed by atoms with van der Waals surface area (Å²) in [6.45, 7) is 0. The van der Waals surface area contributed by atoms with E-state index in [2.05, 4.69) is 15.2 Å². The highest BCUT2D eigenvalue weighted by Crippen LogP contribution is 2.40.